The first-order valence-electron chi connectivity index (χ1n) is 5.70. The SMILES string of the molecule is Cn1c(N/N=C/c2ccc([N+](=O)[O-])o2)cc(=O)n(C)c1=O. The normalized spacial score (nSPS) is 11.0. The van der Waals surface area contributed by atoms with Gasteiger partial charge in [0.1, 0.15) is 10.7 Å². The van der Waals surface area contributed by atoms with Gasteiger partial charge in [-0.05, 0) is 6.07 Å². The fraction of sp³-hybridized carbons (Fsp3) is 0.182. The third-order valence-corrected chi connectivity index (χ3v) is 2.69. The second kappa shape index (κ2) is 5.45. The van der Waals surface area contributed by atoms with Gasteiger partial charge in [-0.1, -0.05) is 0 Å². The number of anilines is 1. The van der Waals surface area contributed by atoms with Crippen LogP contribution in [0.5, 0.6) is 0 Å². The fourth-order valence-electron chi connectivity index (χ4n) is 1.51. The van der Waals surface area contributed by atoms with E-state index in [1.54, 1.807) is 0 Å². The Morgan fingerprint density at radius 3 is 2.67 bits per heavy atom. The Morgan fingerprint density at radius 2 is 2.05 bits per heavy atom. The Morgan fingerprint density at radius 1 is 1.33 bits per heavy atom. The molecule has 2 heterocycles. The molecule has 2 aromatic heterocycles. The summed E-state index contributed by atoms with van der Waals surface area (Å²) in [4.78, 5) is 32.9. The van der Waals surface area contributed by atoms with E-state index >= 15 is 0 Å². The lowest BCUT2D eigenvalue weighted by atomic mass is 10.5. The highest BCUT2D eigenvalue weighted by Crippen LogP contribution is 2.13. The summed E-state index contributed by atoms with van der Waals surface area (Å²) in [5, 5.41) is 14.2. The molecular weight excluding hydrogens is 282 g/mol. The van der Waals surface area contributed by atoms with Crippen molar-refractivity contribution < 1.29 is 9.34 Å². The standard InChI is InChI=1S/C11H11N5O5/c1-14-8(5-9(17)15(2)11(14)18)13-12-6-7-3-4-10(21-7)16(19)20/h3-6,13H,1-2H3/b12-6+. The predicted molar refractivity (Wildman–Crippen MR) is 73.5 cm³/mol. The lowest BCUT2D eigenvalue weighted by molar-refractivity contribution is -0.402. The predicted octanol–water partition coefficient (Wildman–Crippen LogP) is 0.0312. The van der Waals surface area contributed by atoms with Crippen LogP contribution in [0.4, 0.5) is 11.7 Å². The number of rotatable bonds is 4. The van der Waals surface area contributed by atoms with E-state index in [9.17, 15) is 19.7 Å². The molecule has 0 atom stereocenters. The van der Waals surface area contributed by atoms with Crippen LogP contribution in [-0.2, 0) is 14.1 Å². The minimum Gasteiger partial charge on any atom is -0.400 e. The maximum atomic E-state index is 11.7. The topological polar surface area (TPSA) is 125 Å². The number of hydrazone groups is 1. The summed E-state index contributed by atoms with van der Waals surface area (Å²) in [5.74, 6) is -0.0686. The van der Waals surface area contributed by atoms with Crippen LogP contribution in [0.3, 0.4) is 0 Å². The van der Waals surface area contributed by atoms with E-state index in [4.69, 9.17) is 4.42 Å². The highest BCUT2D eigenvalue weighted by Gasteiger charge is 2.10. The number of nitrogens with zero attached hydrogens (tertiary/aromatic N) is 4. The summed E-state index contributed by atoms with van der Waals surface area (Å²) in [7, 11) is 2.83. The van der Waals surface area contributed by atoms with Gasteiger partial charge in [-0.25, -0.2) is 4.79 Å². The van der Waals surface area contributed by atoms with Crippen molar-refractivity contribution in [2.45, 2.75) is 0 Å². The highest BCUT2D eigenvalue weighted by molar-refractivity contribution is 5.76. The van der Waals surface area contributed by atoms with E-state index in [1.807, 2.05) is 0 Å². The van der Waals surface area contributed by atoms with Gasteiger partial charge >= 0.3 is 11.6 Å². The van der Waals surface area contributed by atoms with E-state index < -0.39 is 22.1 Å². The van der Waals surface area contributed by atoms with Crippen LogP contribution in [0.1, 0.15) is 5.76 Å². The largest absolute Gasteiger partial charge is 0.433 e. The van der Waals surface area contributed by atoms with Gasteiger partial charge < -0.3 is 4.42 Å². The fourth-order valence-corrected chi connectivity index (χ4v) is 1.51. The van der Waals surface area contributed by atoms with E-state index in [1.165, 1.54) is 43.1 Å². The van der Waals surface area contributed by atoms with Gasteiger partial charge in [0.05, 0.1) is 12.3 Å². The monoisotopic (exact) mass is 293 g/mol. The average Bonchev–Trinajstić information content (AvgIpc) is 2.91. The zero-order valence-electron chi connectivity index (χ0n) is 11.1. The van der Waals surface area contributed by atoms with Crippen LogP contribution in [-0.4, -0.2) is 20.3 Å². The molecule has 1 N–H and O–H groups in total. The molecule has 2 rings (SSSR count). The van der Waals surface area contributed by atoms with Crippen molar-refractivity contribution in [3.8, 4) is 0 Å². The molecule has 10 nitrogen and oxygen atoms in total. The van der Waals surface area contributed by atoms with E-state index in [0.29, 0.717) is 0 Å². The molecular formula is C11H11N5O5. The molecule has 0 fully saturated rings. The summed E-state index contributed by atoms with van der Waals surface area (Å²) in [6.45, 7) is 0. The van der Waals surface area contributed by atoms with Crippen LogP contribution in [0.2, 0.25) is 0 Å². The van der Waals surface area contributed by atoms with Crippen LogP contribution in [0.25, 0.3) is 0 Å². The molecule has 2 aromatic rings. The summed E-state index contributed by atoms with van der Waals surface area (Å²) >= 11 is 0. The molecule has 110 valence electrons. The Balaban J connectivity index is 2.20. The van der Waals surface area contributed by atoms with Crippen molar-refractivity contribution in [3.05, 3.63) is 54.9 Å². The van der Waals surface area contributed by atoms with Crippen LogP contribution in [0, 0.1) is 10.1 Å². The number of hydrogen-bond acceptors (Lipinski definition) is 7. The van der Waals surface area contributed by atoms with Gasteiger partial charge in [-0.15, -0.1) is 0 Å². The maximum Gasteiger partial charge on any atom is 0.433 e. The van der Waals surface area contributed by atoms with E-state index in [2.05, 4.69) is 10.5 Å². The molecule has 10 heteroatoms. The summed E-state index contributed by atoms with van der Waals surface area (Å²) in [6, 6.07) is 3.76. The van der Waals surface area contributed by atoms with Crippen molar-refractivity contribution >= 4 is 17.9 Å². The summed E-state index contributed by atoms with van der Waals surface area (Å²) in [5.41, 5.74) is 1.51. The van der Waals surface area contributed by atoms with Gasteiger partial charge in [-0.3, -0.25) is 29.5 Å². The Kier molecular flexibility index (Phi) is 3.69. The lowest BCUT2D eigenvalue weighted by Gasteiger charge is -2.07. The molecule has 0 spiro atoms. The average molecular weight is 293 g/mol. The molecule has 0 amide bonds. The molecule has 0 unspecified atom stereocenters. The first-order chi connectivity index (χ1) is 9.90. The molecule has 0 radical (unpaired) electrons. The molecule has 0 saturated carbocycles. The second-order valence-corrected chi connectivity index (χ2v) is 4.07. The Hall–Kier alpha value is -3.17. The van der Waals surface area contributed by atoms with E-state index in [-0.39, 0.29) is 11.6 Å². The summed E-state index contributed by atoms with van der Waals surface area (Å²) < 4.78 is 7.00. The number of nitro groups is 1. The van der Waals surface area contributed by atoms with E-state index in [0.717, 1.165) is 4.57 Å². The Bertz CT molecular complexity index is 828. The quantitative estimate of drug-likeness (QED) is 0.481. The zero-order valence-corrected chi connectivity index (χ0v) is 11.1. The van der Waals surface area contributed by atoms with Crippen molar-refractivity contribution in [2.75, 3.05) is 5.43 Å². The maximum absolute atomic E-state index is 11.7. The molecule has 0 bridgehead atoms. The Labute approximate surface area is 117 Å². The van der Waals surface area contributed by atoms with Crippen LogP contribution < -0.4 is 16.7 Å². The highest BCUT2D eigenvalue weighted by atomic mass is 16.6. The summed E-state index contributed by atoms with van der Waals surface area (Å²) in [6.07, 6.45) is 1.19. The number of hydrogen-bond donors (Lipinski definition) is 1. The number of nitrogens with one attached hydrogen (secondary N) is 1. The lowest BCUT2D eigenvalue weighted by Crippen LogP contribution is -2.37. The minimum atomic E-state index is -0.671. The number of furan rings is 1. The van der Waals surface area contributed by atoms with Gasteiger partial charge in [-0.2, -0.15) is 5.10 Å². The molecule has 0 aliphatic carbocycles. The second-order valence-electron chi connectivity index (χ2n) is 4.07. The van der Waals surface area contributed by atoms with Crippen molar-refractivity contribution in [2.24, 2.45) is 19.2 Å². The van der Waals surface area contributed by atoms with Gasteiger partial charge in [0.25, 0.3) is 5.56 Å². The van der Waals surface area contributed by atoms with Crippen molar-refractivity contribution in [3.63, 3.8) is 0 Å². The van der Waals surface area contributed by atoms with Gasteiger partial charge in [0.15, 0.2) is 5.76 Å². The third kappa shape index (κ3) is 2.88. The zero-order chi connectivity index (χ0) is 15.6. The molecule has 0 aliphatic rings. The molecule has 0 aromatic carbocycles. The molecule has 21 heavy (non-hydrogen) atoms. The smallest absolute Gasteiger partial charge is 0.400 e. The van der Waals surface area contributed by atoms with Gasteiger partial charge in [0, 0.05) is 20.2 Å². The first kappa shape index (κ1) is 14.2. The third-order valence-electron chi connectivity index (χ3n) is 2.69. The molecule has 0 saturated heterocycles. The molecule has 0 aliphatic heterocycles. The van der Waals surface area contributed by atoms with Gasteiger partial charge in [0.2, 0.25) is 0 Å². The van der Waals surface area contributed by atoms with Crippen molar-refractivity contribution in [1.82, 2.24) is 9.13 Å². The van der Waals surface area contributed by atoms with Crippen LogP contribution in [0.15, 0.2) is 37.3 Å². The van der Waals surface area contributed by atoms with Crippen LogP contribution >= 0.6 is 0 Å². The number of aromatic nitrogens is 2. The van der Waals surface area contributed by atoms with Crippen molar-refractivity contribution in [1.29, 1.82) is 0 Å². The minimum absolute atomic E-state index is 0.156. The first-order valence-corrected chi connectivity index (χ1v) is 5.70.